The Morgan fingerprint density at radius 1 is 1.70 bits per heavy atom. The third-order valence-corrected chi connectivity index (χ3v) is 1.53. The normalized spacial score (nSPS) is 16.9. The molecule has 1 aliphatic rings. The van der Waals surface area contributed by atoms with Crippen molar-refractivity contribution in [2.24, 2.45) is 10.7 Å². The molecule has 0 fully saturated rings. The molecule has 0 saturated heterocycles. The molecule has 0 radical (unpaired) electrons. The first-order valence-corrected chi connectivity index (χ1v) is 3.32. The van der Waals surface area contributed by atoms with Gasteiger partial charge in [-0.05, 0) is 18.9 Å². The first-order valence-electron chi connectivity index (χ1n) is 3.32. The molecule has 0 aromatic rings. The minimum absolute atomic E-state index is 0. The highest BCUT2D eigenvalue weighted by atomic mass is 35.5. The van der Waals surface area contributed by atoms with Crippen molar-refractivity contribution in [2.75, 3.05) is 6.54 Å². The highest BCUT2D eigenvalue weighted by Crippen LogP contribution is 2.09. The molecule has 2 nitrogen and oxygen atoms in total. The van der Waals surface area contributed by atoms with E-state index in [1.165, 1.54) is 5.57 Å². The van der Waals surface area contributed by atoms with Crippen LogP contribution < -0.4 is 5.73 Å². The number of hydrogen-bond donors (Lipinski definition) is 1. The Balaban J connectivity index is 0.000000810. The van der Waals surface area contributed by atoms with Crippen LogP contribution in [-0.2, 0) is 0 Å². The highest BCUT2D eigenvalue weighted by Gasteiger charge is 1.99. The monoisotopic (exact) mass is 160 g/mol. The number of rotatable bonds is 1. The number of nitrogens with two attached hydrogens (primary N) is 1. The van der Waals surface area contributed by atoms with E-state index in [1.807, 2.05) is 6.08 Å². The summed E-state index contributed by atoms with van der Waals surface area (Å²) in [7, 11) is 0. The summed E-state index contributed by atoms with van der Waals surface area (Å²) in [6.07, 6.45) is 4.18. The molecule has 1 rings (SSSR count). The summed E-state index contributed by atoms with van der Waals surface area (Å²) in [6.45, 7) is 3.02. The molecule has 1 heterocycles. The second-order valence-corrected chi connectivity index (χ2v) is 2.21. The summed E-state index contributed by atoms with van der Waals surface area (Å²) in [6, 6.07) is 0. The molecule has 0 atom stereocenters. The highest BCUT2D eigenvalue weighted by molar-refractivity contribution is 5.92. The van der Waals surface area contributed by atoms with Gasteiger partial charge in [-0.1, -0.05) is 12.5 Å². The number of aliphatic imine (C=N–C) groups is 1. The molecule has 0 bridgehead atoms. The maximum Gasteiger partial charge on any atom is 0.118 e. The van der Waals surface area contributed by atoms with Crippen LogP contribution in [0.25, 0.3) is 0 Å². The van der Waals surface area contributed by atoms with Gasteiger partial charge in [0.1, 0.15) is 5.84 Å². The van der Waals surface area contributed by atoms with Gasteiger partial charge < -0.3 is 5.73 Å². The van der Waals surface area contributed by atoms with Gasteiger partial charge in [0, 0.05) is 6.54 Å². The van der Waals surface area contributed by atoms with Crippen molar-refractivity contribution in [3.63, 3.8) is 0 Å². The fourth-order valence-corrected chi connectivity index (χ4v) is 0.934. The SMILES string of the molecule is CCC1=CC(N)=NCC1.Cl. The Kier molecular flexibility index (Phi) is 4.12. The molecule has 0 amide bonds. The van der Waals surface area contributed by atoms with E-state index in [1.54, 1.807) is 0 Å². The maximum absolute atomic E-state index is 5.47. The molecule has 1 aliphatic heterocycles. The van der Waals surface area contributed by atoms with Gasteiger partial charge in [0.05, 0.1) is 0 Å². The third-order valence-electron chi connectivity index (χ3n) is 1.53. The molecule has 2 N–H and O–H groups in total. The van der Waals surface area contributed by atoms with Gasteiger partial charge >= 0.3 is 0 Å². The van der Waals surface area contributed by atoms with Crippen LogP contribution in [0.2, 0.25) is 0 Å². The number of hydrogen-bond acceptors (Lipinski definition) is 2. The topological polar surface area (TPSA) is 38.4 Å². The molecule has 0 unspecified atom stereocenters. The van der Waals surface area contributed by atoms with Crippen molar-refractivity contribution in [3.8, 4) is 0 Å². The molecule has 3 heteroatoms. The van der Waals surface area contributed by atoms with Crippen molar-refractivity contribution >= 4 is 18.2 Å². The maximum atomic E-state index is 5.47. The average molecular weight is 161 g/mol. The standard InChI is InChI=1S/C7H12N2.ClH/c1-2-6-3-4-9-7(8)5-6;/h5H,2-4H2,1H3,(H2,8,9);1H. The van der Waals surface area contributed by atoms with Crippen LogP contribution in [0.1, 0.15) is 19.8 Å². The largest absolute Gasteiger partial charge is 0.384 e. The fourth-order valence-electron chi connectivity index (χ4n) is 0.934. The zero-order valence-corrected chi connectivity index (χ0v) is 6.95. The average Bonchev–Trinajstić information content (AvgIpc) is 1.88. The predicted molar refractivity (Wildman–Crippen MR) is 46.7 cm³/mol. The smallest absolute Gasteiger partial charge is 0.118 e. The third kappa shape index (κ3) is 2.40. The number of dihydropyridines is 1. The molecule has 0 aromatic carbocycles. The second kappa shape index (κ2) is 4.34. The fraction of sp³-hybridized carbons (Fsp3) is 0.571. The Labute approximate surface area is 67.6 Å². The van der Waals surface area contributed by atoms with Crippen LogP contribution in [0.15, 0.2) is 16.6 Å². The van der Waals surface area contributed by atoms with Crippen molar-refractivity contribution in [2.45, 2.75) is 19.8 Å². The van der Waals surface area contributed by atoms with Crippen LogP contribution in [-0.4, -0.2) is 12.4 Å². The van der Waals surface area contributed by atoms with Gasteiger partial charge in [-0.2, -0.15) is 0 Å². The van der Waals surface area contributed by atoms with E-state index in [9.17, 15) is 0 Å². The molecule has 58 valence electrons. The van der Waals surface area contributed by atoms with Gasteiger partial charge in [0.25, 0.3) is 0 Å². The van der Waals surface area contributed by atoms with Gasteiger partial charge in [0.2, 0.25) is 0 Å². The zero-order valence-electron chi connectivity index (χ0n) is 6.13. The van der Waals surface area contributed by atoms with E-state index in [-0.39, 0.29) is 12.4 Å². The summed E-state index contributed by atoms with van der Waals surface area (Å²) >= 11 is 0. The minimum Gasteiger partial charge on any atom is -0.384 e. The van der Waals surface area contributed by atoms with Crippen molar-refractivity contribution in [3.05, 3.63) is 11.6 Å². The summed E-state index contributed by atoms with van der Waals surface area (Å²) in [5.41, 5.74) is 6.89. The lowest BCUT2D eigenvalue weighted by Crippen LogP contribution is -2.13. The lowest BCUT2D eigenvalue weighted by Gasteiger charge is -2.07. The predicted octanol–water partition coefficient (Wildman–Crippen LogP) is 1.51. The van der Waals surface area contributed by atoms with E-state index in [0.717, 1.165) is 19.4 Å². The molecule has 10 heavy (non-hydrogen) atoms. The first-order chi connectivity index (χ1) is 4.33. The molecular weight excluding hydrogens is 148 g/mol. The van der Waals surface area contributed by atoms with E-state index in [4.69, 9.17) is 5.73 Å². The van der Waals surface area contributed by atoms with Gasteiger partial charge in [-0.15, -0.1) is 12.4 Å². The number of halogens is 1. The lowest BCUT2D eigenvalue weighted by molar-refractivity contribution is 0.879. The van der Waals surface area contributed by atoms with E-state index >= 15 is 0 Å². The molecule has 0 aromatic heterocycles. The lowest BCUT2D eigenvalue weighted by atomic mass is 10.1. The van der Waals surface area contributed by atoms with E-state index in [0.29, 0.717) is 5.84 Å². The Bertz CT molecular complexity index is 161. The van der Waals surface area contributed by atoms with Crippen molar-refractivity contribution in [1.82, 2.24) is 0 Å². The zero-order chi connectivity index (χ0) is 6.69. The summed E-state index contributed by atoms with van der Waals surface area (Å²) in [5.74, 6) is 0.693. The molecule has 0 saturated carbocycles. The van der Waals surface area contributed by atoms with Crippen LogP contribution in [0, 0.1) is 0 Å². The van der Waals surface area contributed by atoms with Crippen molar-refractivity contribution < 1.29 is 0 Å². The van der Waals surface area contributed by atoms with E-state index < -0.39 is 0 Å². The molecule has 0 spiro atoms. The van der Waals surface area contributed by atoms with E-state index in [2.05, 4.69) is 11.9 Å². The van der Waals surface area contributed by atoms with Crippen LogP contribution in [0.5, 0.6) is 0 Å². The minimum atomic E-state index is 0. The first kappa shape index (κ1) is 9.50. The Morgan fingerprint density at radius 2 is 2.40 bits per heavy atom. The summed E-state index contributed by atoms with van der Waals surface area (Å²) in [5, 5.41) is 0. The quantitative estimate of drug-likeness (QED) is 0.621. The summed E-state index contributed by atoms with van der Waals surface area (Å²) < 4.78 is 0. The Hall–Kier alpha value is -0.500. The molecular formula is C7H13ClN2. The summed E-state index contributed by atoms with van der Waals surface area (Å²) in [4.78, 5) is 4.05. The second-order valence-electron chi connectivity index (χ2n) is 2.21. The van der Waals surface area contributed by atoms with Crippen LogP contribution in [0.4, 0.5) is 0 Å². The van der Waals surface area contributed by atoms with Crippen molar-refractivity contribution in [1.29, 1.82) is 0 Å². The van der Waals surface area contributed by atoms with Crippen LogP contribution in [0.3, 0.4) is 0 Å². The van der Waals surface area contributed by atoms with Gasteiger partial charge in [-0.25, -0.2) is 0 Å². The number of amidine groups is 1. The number of nitrogens with zero attached hydrogens (tertiary/aromatic N) is 1. The molecule has 0 aliphatic carbocycles. The van der Waals surface area contributed by atoms with Crippen LogP contribution >= 0.6 is 12.4 Å². The van der Waals surface area contributed by atoms with Gasteiger partial charge in [0.15, 0.2) is 0 Å². The Morgan fingerprint density at radius 3 is 2.80 bits per heavy atom. The van der Waals surface area contributed by atoms with Gasteiger partial charge in [-0.3, -0.25) is 4.99 Å².